The second kappa shape index (κ2) is 4.60. The van der Waals surface area contributed by atoms with E-state index in [1.807, 2.05) is 0 Å². The molecule has 0 aliphatic carbocycles. The molecule has 2 unspecified atom stereocenters. The van der Waals surface area contributed by atoms with Gasteiger partial charge in [-0.1, -0.05) is 0 Å². The van der Waals surface area contributed by atoms with Gasteiger partial charge in [0.25, 0.3) is 0 Å². The topological polar surface area (TPSA) is 18.5 Å². The van der Waals surface area contributed by atoms with E-state index >= 15 is 0 Å². The SMILES string of the molecule is CC1CN(C2CCCN(C)C2)CCN1. The maximum absolute atomic E-state index is 3.51. The fourth-order valence-electron chi connectivity index (χ4n) is 2.73. The van der Waals surface area contributed by atoms with Crippen molar-refractivity contribution >= 4 is 0 Å². The Bertz CT molecular complexity index is 163. The van der Waals surface area contributed by atoms with E-state index in [1.165, 1.54) is 45.6 Å². The summed E-state index contributed by atoms with van der Waals surface area (Å²) in [5, 5.41) is 3.51. The second-order valence-corrected chi connectivity index (χ2v) is 4.91. The first kappa shape index (κ1) is 10.4. The zero-order chi connectivity index (χ0) is 9.97. The average Bonchev–Trinajstić information content (AvgIpc) is 2.18. The molecular weight excluding hydrogens is 174 g/mol. The van der Waals surface area contributed by atoms with Crippen LogP contribution in [0.3, 0.4) is 0 Å². The van der Waals surface area contributed by atoms with Gasteiger partial charge in [0.05, 0.1) is 0 Å². The molecule has 82 valence electrons. The van der Waals surface area contributed by atoms with Crippen LogP contribution in [-0.2, 0) is 0 Å². The monoisotopic (exact) mass is 197 g/mol. The third kappa shape index (κ3) is 2.47. The van der Waals surface area contributed by atoms with Crippen molar-refractivity contribution in [2.45, 2.75) is 31.8 Å². The molecule has 0 saturated carbocycles. The van der Waals surface area contributed by atoms with E-state index in [1.54, 1.807) is 0 Å². The minimum Gasteiger partial charge on any atom is -0.312 e. The highest BCUT2D eigenvalue weighted by Gasteiger charge is 2.26. The van der Waals surface area contributed by atoms with Crippen molar-refractivity contribution in [3.8, 4) is 0 Å². The van der Waals surface area contributed by atoms with Gasteiger partial charge in [0, 0.05) is 38.3 Å². The van der Waals surface area contributed by atoms with Crippen LogP contribution in [0.2, 0.25) is 0 Å². The highest BCUT2D eigenvalue weighted by atomic mass is 15.3. The normalized spacial score (nSPS) is 37.3. The molecule has 2 rings (SSSR count). The summed E-state index contributed by atoms with van der Waals surface area (Å²) in [6, 6.07) is 1.49. The predicted octanol–water partition coefficient (Wildman–Crippen LogP) is 0.374. The summed E-state index contributed by atoms with van der Waals surface area (Å²) in [4.78, 5) is 5.15. The maximum Gasteiger partial charge on any atom is 0.0224 e. The highest BCUT2D eigenvalue weighted by molar-refractivity contribution is 4.84. The molecule has 0 radical (unpaired) electrons. The molecule has 14 heavy (non-hydrogen) atoms. The molecule has 2 fully saturated rings. The minimum absolute atomic E-state index is 0.677. The maximum atomic E-state index is 3.51. The van der Waals surface area contributed by atoms with Crippen LogP contribution < -0.4 is 5.32 Å². The van der Waals surface area contributed by atoms with E-state index in [2.05, 4.69) is 29.1 Å². The van der Waals surface area contributed by atoms with E-state index in [0.717, 1.165) is 6.04 Å². The van der Waals surface area contributed by atoms with E-state index in [9.17, 15) is 0 Å². The van der Waals surface area contributed by atoms with E-state index in [-0.39, 0.29) is 0 Å². The number of likely N-dealkylation sites (tertiary alicyclic amines) is 1. The quantitative estimate of drug-likeness (QED) is 0.655. The van der Waals surface area contributed by atoms with Crippen molar-refractivity contribution in [1.82, 2.24) is 15.1 Å². The lowest BCUT2D eigenvalue weighted by molar-refractivity contribution is 0.0876. The predicted molar refractivity (Wildman–Crippen MR) is 59.6 cm³/mol. The largest absolute Gasteiger partial charge is 0.312 e. The Hall–Kier alpha value is -0.120. The molecule has 3 nitrogen and oxygen atoms in total. The zero-order valence-corrected chi connectivity index (χ0v) is 9.50. The van der Waals surface area contributed by atoms with Gasteiger partial charge in [-0.2, -0.15) is 0 Å². The summed E-state index contributed by atoms with van der Waals surface area (Å²) in [7, 11) is 2.25. The fraction of sp³-hybridized carbons (Fsp3) is 1.00. The third-order valence-electron chi connectivity index (χ3n) is 3.52. The number of nitrogens with zero attached hydrogens (tertiary/aromatic N) is 2. The molecule has 2 heterocycles. The zero-order valence-electron chi connectivity index (χ0n) is 9.50. The molecule has 2 aliphatic rings. The minimum atomic E-state index is 0.677. The van der Waals surface area contributed by atoms with Crippen LogP contribution in [0.1, 0.15) is 19.8 Å². The Balaban J connectivity index is 1.86. The van der Waals surface area contributed by atoms with Gasteiger partial charge >= 0.3 is 0 Å². The smallest absolute Gasteiger partial charge is 0.0224 e. The van der Waals surface area contributed by atoms with Crippen molar-refractivity contribution in [3.63, 3.8) is 0 Å². The molecule has 1 N–H and O–H groups in total. The Labute approximate surface area is 87.4 Å². The lowest BCUT2D eigenvalue weighted by atomic mass is 10.0. The molecule has 2 saturated heterocycles. The number of hydrogen-bond acceptors (Lipinski definition) is 3. The Morgan fingerprint density at radius 2 is 2.07 bits per heavy atom. The van der Waals surface area contributed by atoms with Gasteiger partial charge in [-0.15, -0.1) is 0 Å². The number of piperidine rings is 1. The lowest BCUT2D eigenvalue weighted by Crippen LogP contribution is -2.56. The van der Waals surface area contributed by atoms with Crippen molar-refractivity contribution in [1.29, 1.82) is 0 Å². The van der Waals surface area contributed by atoms with E-state index in [0.29, 0.717) is 6.04 Å². The molecule has 3 heteroatoms. The third-order valence-corrected chi connectivity index (χ3v) is 3.52. The molecule has 0 amide bonds. The molecule has 2 aliphatic heterocycles. The first-order chi connectivity index (χ1) is 6.75. The van der Waals surface area contributed by atoms with Crippen LogP contribution in [0.25, 0.3) is 0 Å². The summed E-state index contributed by atoms with van der Waals surface area (Å²) in [6.45, 7) is 8.49. The van der Waals surface area contributed by atoms with Crippen molar-refractivity contribution < 1.29 is 0 Å². The van der Waals surface area contributed by atoms with Crippen LogP contribution >= 0.6 is 0 Å². The molecule has 0 spiro atoms. The Morgan fingerprint density at radius 3 is 2.79 bits per heavy atom. The number of likely N-dealkylation sites (N-methyl/N-ethyl adjacent to an activating group) is 1. The van der Waals surface area contributed by atoms with E-state index < -0.39 is 0 Å². The van der Waals surface area contributed by atoms with Crippen LogP contribution in [0.5, 0.6) is 0 Å². The van der Waals surface area contributed by atoms with Crippen molar-refractivity contribution in [3.05, 3.63) is 0 Å². The summed E-state index contributed by atoms with van der Waals surface area (Å²) >= 11 is 0. The summed E-state index contributed by atoms with van der Waals surface area (Å²) in [6.07, 6.45) is 2.77. The van der Waals surface area contributed by atoms with Crippen LogP contribution in [0, 0.1) is 0 Å². The molecule has 0 aromatic rings. The highest BCUT2D eigenvalue weighted by Crippen LogP contribution is 2.15. The number of piperazine rings is 1. The second-order valence-electron chi connectivity index (χ2n) is 4.91. The summed E-state index contributed by atoms with van der Waals surface area (Å²) < 4.78 is 0. The number of hydrogen-bond donors (Lipinski definition) is 1. The first-order valence-corrected chi connectivity index (χ1v) is 5.91. The lowest BCUT2D eigenvalue weighted by Gasteiger charge is -2.41. The summed E-state index contributed by atoms with van der Waals surface area (Å²) in [5.41, 5.74) is 0. The molecular formula is C11H23N3. The van der Waals surface area contributed by atoms with Crippen LogP contribution in [-0.4, -0.2) is 61.7 Å². The van der Waals surface area contributed by atoms with Gasteiger partial charge in [0.15, 0.2) is 0 Å². The standard InChI is InChI=1S/C11H23N3/c1-10-8-14(7-5-12-10)11-4-3-6-13(2)9-11/h10-12H,3-9H2,1-2H3. The van der Waals surface area contributed by atoms with Gasteiger partial charge in [0.1, 0.15) is 0 Å². The number of rotatable bonds is 1. The molecule has 0 bridgehead atoms. The van der Waals surface area contributed by atoms with Crippen molar-refractivity contribution in [2.24, 2.45) is 0 Å². The van der Waals surface area contributed by atoms with Gasteiger partial charge < -0.3 is 10.2 Å². The van der Waals surface area contributed by atoms with E-state index in [4.69, 9.17) is 0 Å². The van der Waals surface area contributed by atoms with Crippen LogP contribution in [0.4, 0.5) is 0 Å². The summed E-state index contributed by atoms with van der Waals surface area (Å²) in [5.74, 6) is 0. The molecule has 0 aromatic carbocycles. The van der Waals surface area contributed by atoms with Gasteiger partial charge in [0.2, 0.25) is 0 Å². The fourth-order valence-corrected chi connectivity index (χ4v) is 2.73. The molecule has 0 aromatic heterocycles. The van der Waals surface area contributed by atoms with Crippen molar-refractivity contribution in [2.75, 3.05) is 39.8 Å². The Morgan fingerprint density at radius 1 is 1.21 bits per heavy atom. The number of nitrogens with one attached hydrogen (secondary N) is 1. The van der Waals surface area contributed by atoms with Gasteiger partial charge in [-0.25, -0.2) is 0 Å². The molecule has 2 atom stereocenters. The van der Waals surface area contributed by atoms with Gasteiger partial charge in [-0.05, 0) is 33.4 Å². The first-order valence-electron chi connectivity index (χ1n) is 5.91. The average molecular weight is 197 g/mol. The Kier molecular flexibility index (Phi) is 3.42. The van der Waals surface area contributed by atoms with Crippen LogP contribution in [0.15, 0.2) is 0 Å². The van der Waals surface area contributed by atoms with Gasteiger partial charge in [-0.3, -0.25) is 4.90 Å².